The third kappa shape index (κ3) is 5.09. The lowest BCUT2D eigenvalue weighted by molar-refractivity contribution is 0.596. The molecule has 1 rings (SSSR count). The van der Waals surface area contributed by atoms with Gasteiger partial charge in [-0.25, -0.2) is 0 Å². The average Bonchev–Trinajstić information content (AvgIpc) is 2.34. The molecule has 0 heterocycles. The van der Waals surface area contributed by atoms with Crippen LogP contribution in [0.25, 0.3) is 0 Å². The molecule has 3 N–H and O–H groups in total. The molecule has 3 heteroatoms. The molecule has 0 fully saturated rings. The Hall–Kier alpha value is -1.22. The zero-order valence-electron chi connectivity index (χ0n) is 11.2. The summed E-state index contributed by atoms with van der Waals surface area (Å²) in [6.45, 7) is 3.04. The predicted molar refractivity (Wildman–Crippen MR) is 76.8 cm³/mol. The predicted octanol–water partition coefficient (Wildman–Crippen LogP) is 2.68. The zero-order valence-corrected chi connectivity index (χ0v) is 11.2. The van der Waals surface area contributed by atoms with E-state index in [1.165, 1.54) is 18.5 Å². The molecule has 0 spiro atoms. The molecule has 1 unspecified atom stereocenters. The molecule has 0 aliphatic rings. The van der Waals surface area contributed by atoms with Gasteiger partial charge in [0.15, 0.2) is 0 Å². The number of hydrogen-bond acceptors (Lipinski definition) is 3. The van der Waals surface area contributed by atoms with Gasteiger partial charge in [-0.3, -0.25) is 0 Å². The Labute approximate surface area is 105 Å². The van der Waals surface area contributed by atoms with Crippen LogP contribution in [-0.2, 0) is 0 Å². The lowest BCUT2D eigenvalue weighted by atomic mass is 10.1. The first kappa shape index (κ1) is 13.8. The van der Waals surface area contributed by atoms with Crippen LogP contribution in [0.4, 0.5) is 11.4 Å². The summed E-state index contributed by atoms with van der Waals surface area (Å²) in [5.74, 6) is 0. The third-order valence-corrected chi connectivity index (χ3v) is 2.86. The fourth-order valence-electron chi connectivity index (χ4n) is 1.71. The normalized spacial score (nSPS) is 12.2. The smallest absolute Gasteiger partial charge is 0.0381 e. The Kier molecular flexibility index (Phi) is 5.84. The van der Waals surface area contributed by atoms with E-state index in [2.05, 4.69) is 41.4 Å². The highest BCUT2D eigenvalue weighted by Gasteiger charge is 2.02. The van der Waals surface area contributed by atoms with E-state index in [9.17, 15) is 0 Å². The fourth-order valence-corrected chi connectivity index (χ4v) is 1.71. The molecule has 0 aliphatic carbocycles. The van der Waals surface area contributed by atoms with E-state index in [4.69, 9.17) is 5.73 Å². The Morgan fingerprint density at radius 1 is 1.35 bits per heavy atom. The van der Waals surface area contributed by atoms with E-state index in [-0.39, 0.29) is 6.04 Å². The largest absolute Gasteiger partial charge is 0.383 e. The minimum Gasteiger partial charge on any atom is -0.383 e. The topological polar surface area (TPSA) is 41.3 Å². The highest BCUT2D eigenvalue weighted by molar-refractivity contribution is 5.57. The second-order valence-electron chi connectivity index (χ2n) is 4.73. The lowest BCUT2D eigenvalue weighted by Gasteiger charge is -2.16. The maximum atomic E-state index is 6.03. The number of unbranched alkanes of at least 4 members (excludes halogenated alkanes) is 1. The van der Waals surface area contributed by atoms with E-state index in [0.29, 0.717) is 0 Å². The van der Waals surface area contributed by atoms with Crippen LogP contribution in [0, 0.1) is 0 Å². The summed E-state index contributed by atoms with van der Waals surface area (Å²) in [4.78, 5) is 2.10. The summed E-state index contributed by atoms with van der Waals surface area (Å²) in [5, 5.41) is 3.40. The van der Waals surface area contributed by atoms with Crippen molar-refractivity contribution in [2.45, 2.75) is 32.2 Å². The van der Waals surface area contributed by atoms with Crippen molar-refractivity contribution in [3.8, 4) is 0 Å². The fraction of sp³-hybridized carbons (Fsp3) is 0.571. The van der Waals surface area contributed by atoms with Crippen LogP contribution in [0.15, 0.2) is 24.3 Å². The molecular formula is C14H25N3. The molecule has 3 nitrogen and oxygen atoms in total. The molecule has 1 aromatic carbocycles. The van der Waals surface area contributed by atoms with Crippen LogP contribution < -0.4 is 16.0 Å². The molecule has 0 aliphatic heterocycles. The van der Waals surface area contributed by atoms with Gasteiger partial charge in [0.05, 0.1) is 0 Å². The highest BCUT2D eigenvalue weighted by Crippen LogP contribution is 2.17. The van der Waals surface area contributed by atoms with Crippen molar-refractivity contribution in [1.29, 1.82) is 0 Å². The van der Waals surface area contributed by atoms with Gasteiger partial charge in [0.25, 0.3) is 0 Å². The van der Waals surface area contributed by atoms with Crippen molar-refractivity contribution in [3.05, 3.63) is 24.3 Å². The summed E-state index contributed by atoms with van der Waals surface area (Å²) < 4.78 is 0. The van der Waals surface area contributed by atoms with E-state index in [0.717, 1.165) is 18.7 Å². The van der Waals surface area contributed by atoms with E-state index in [1.807, 2.05) is 14.1 Å². The highest BCUT2D eigenvalue weighted by atomic mass is 15.1. The van der Waals surface area contributed by atoms with Crippen LogP contribution in [0.2, 0.25) is 0 Å². The Balaban J connectivity index is 2.43. The van der Waals surface area contributed by atoms with Crippen LogP contribution in [0.3, 0.4) is 0 Å². The van der Waals surface area contributed by atoms with Gasteiger partial charge >= 0.3 is 0 Å². The van der Waals surface area contributed by atoms with E-state index < -0.39 is 0 Å². The third-order valence-electron chi connectivity index (χ3n) is 2.86. The minimum absolute atomic E-state index is 0.248. The number of hydrogen-bond donors (Lipinski definition) is 2. The molecule has 0 amide bonds. The maximum Gasteiger partial charge on any atom is 0.0381 e. The van der Waals surface area contributed by atoms with Gasteiger partial charge in [-0.05, 0) is 24.6 Å². The molecular weight excluding hydrogens is 210 g/mol. The SMILES string of the molecule is CCCCC(N)CNc1cccc(N(C)C)c1. The quantitative estimate of drug-likeness (QED) is 0.763. The Morgan fingerprint density at radius 3 is 2.76 bits per heavy atom. The summed E-state index contributed by atoms with van der Waals surface area (Å²) in [6.07, 6.45) is 3.52. The average molecular weight is 235 g/mol. The molecule has 1 atom stereocenters. The van der Waals surface area contributed by atoms with Gasteiger partial charge < -0.3 is 16.0 Å². The number of benzene rings is 1. The van der Waals surface area contributed by atoms with Gasteiger partial charge in [0, 0.05) is 38.1 Å². The molecule has 17 heavy (non-hydrogen) atoms. The molecule has 96 valence electrons. The van der Waals surface area contributed by atoms with Crippen molar-refractivity contribution >= 4 is 11.4 Å². The van der Waals surface area contributed by atoms with Gasteiger partial charge in [-0.1, -0.05) is 25.8 Å². The Morgan fingerprint density at radius 2 is 2.12 bits per heavy atom. The molecule has 1 aromatic rings. The summed E-state index contributed by atoms with van der Waals surface area (Å²) in [5.41, 5.74) is 8.38. The molecule has 0 saturated carbocycles. The number of nitrogens with two attached hydrogens (primary N) is 1. The molecule has 0 radical (unpaired) electrons. The van der Waals surface area contributed by atoms with E-state index in [1.54, 1.807) is 0 Å². The summed E-state index contributed by atoms with van der Waals surface area (Å²) in [6, 6.07) is 8.64. The van der Waals surface area contributed by atoms with Crippen molar-refractivity contribution in [3.63, 3.8) is 0 Å². The van der Waals surface area contributed by atoms with Gasteiger partial charge in [0.1, 0.15) is 0 Å². The molecule has 0 aromatic heterocycles. The lowest BCUT2D eigenvalue weighted by Crippen LogP contribution is -2.28. The van der Waals surface area contributed by atoms with Gasteiger partial charge in [0.2, 0.25) is 0 Å². The zero-order chi connectivity index (χ0) is 12.7. The van der Waals surface area contributed by atoms with Crippen molar-refractivity contribution < 1.29 is 0 Å². The van der Waals surface area contributed by atoms with Crippen LogP contribution >= 0.6 is 0 Å². The maximum absolute atomic E-state index is 6.03. The monoisotopic (exact) mass is 235 g/mol. The summed E-state index contributed by atoms with van der Waals surface area (Å²) in [7, 11) is 4.10. The second kappa shape index (κ2) is 7.17. The second-order valence-corrected chi connectivity index (χ2v) is 4.73. The van der Waals surface area contributed by atoms with Crippen LogP contribution in [0.1, 0.15) is 26.2 Å². The standard InChI is InChI=1S/C14H25N3/c1-4-5-7-12(15)11-16-13-8-6-9-14(10-13)17(2)3/h6,8-10,12,16H,4-5,7,11,15H2,1-3H3. The van der Waals surface area contributed by atoms with E-state index >= 15 is 0 Å². The molecule has 0 saturated heterocycles. The number of anilines is 2. The van der Waals surface area contributed by atoms with Crippen molar-refractivity contribution in [2.75, 3.05) is 30.9 Å². The van der Waals surface area contributed by atoms with Gasteiger partial charge in [-0.2, -0.15) is 0 Å². The number of rotatable bonds is 7. The first-order valence-corrected chi connectivity index (χ1v) is 6.40. The summed E-state index contributed by atoms with van der Waals surface area (Å²) >= 11 is 0. The number of nitrogens with zero attached hydrogens (tertiary/aromatic N) is 1. The van der Waals surface area contributed by atoms with Crippen molar-refractivity contribution in [1.82, 2.24) is 0 Å². The number of nitrogens with one attached hydrogen (secondary N) is 1. The molecule has 0 bridgehead atoms. The first-order chi connectivity index (χ1) is 8.13. The van der Waals surface area contributed by atoms with Gasteiger partial charge in [-0.15, -0.1) is 0 Å². The van der Waals surface area contributed by atoms with Crippen LogP contribution in [0.5, 0.6) is 0 Å². The Bertz CT molecular complexity index is 323. The van der Waals surface area contributed by atoms with Crippen LogP contribution in [-0.4, -0.2) is 26.7 Å². The minimum atomic E-state index is 0.248. The van der Waals surface area contributed by atoms with Crippen molar-refractivity contribution in [2.24, 2.45) is 5.73 Å². The first-order valence-electron chi connectivity index (χ1n) is 6.40.